The van der Waals surface area contributed by atoms with Crippen molar-refractivity contribution in [3.8, 4) is 6.07 Å². The number of anilines is 2. The van der Waals surface area contributed by atoms with E-state index >= 15 is 0 Å². The van der Waals surface area contributed by atoms with Crippen molar-refractivity contribution in [2.75, 3.05) is 5.32 Å². The number of nitrogens with one attached hydrogen (secondary N) is 2. The average molecular weight is 321 g/mol. The molecule has 1 fully saturated rings. The summed E-state index contributed by atoms with van der Waals surface area (Å²) in [5, 5.41) is 15.0. The lowest BCUT2D eigenvalue weighted by molar-refractivity contribution is 0.0932. The second kappa shape index (κ2) is 7.09. The van der Waals surface area contributed by atoms with Gasteiger partial charge in [0.1, 0.15) is 17.3 Å². The molecule has 0 saturated heterocycles. The van der Waals surface area contributed by atoms with Crippen LogP contribution in [0.2, 0.25) is 0 Å². The third-order valence-electron chi connectivity index (χ3n) is 4.05. The maximum Gasteiger partial charge on any atom is 0.270 e. The molecule has 1 aromatic carbocycles. The zero-order valence-corrected chi connectivity index (χ0v) is 13.5. The van der Waals surface area contributed by atoms with Gasteiger partial charge in [0.15, 0.2) is 0 Å². The van der Waals surface area contributed by atoms with Gasteiger partial charge in [-0.05, 0) is 44.0 Å². The molecular weight excluding hydrogens is 302 g/mol. The van der Waals surface area contributed by atoms with Crippen LogP contribution in [0.15, 0.2) is 30.3 Å². The third kappa shape index (κ3) is 3.87. The van der Waals surface area contributed by atoms with Gasteiger partial charge < -0.3 is 10.6 Å². The molecular formula is C18H19N5O. The summed E-state index contributed by atoms with van der Waals surface area (Å²) in [6, 6.07) is 11.0. The monoisotopic (exact) mass is 321 g/mol. The SMILES string of the molecule is Cc1nc(Nc2ccc(C#N)cc2)cc(C(=O)NC2CCCC2)n1. The number of nitrogens with zero attached hydrogens (tertiary/aromatic N) is 3. The number of aryl methyl sites for hydroxylation is 1. The topological polar surface area (TPSA) is 90.7 Å². The predicted octanol–water partition coefficient (Wildman–Crippen LogP) is 3.07. The highest BCUT2D eigenvalue weighted by molar-refractivity contribution is 5.93. The zero-order chi connectivity index (χ0) is 16.9. The van der Waals surface area contributed by atoms with Crippen LogP contribution in [0.4, 0.5) is 11.5 Å². The molecule has 0 unspecified atom stereocenters. The van der Waals surface area contributed by atoms with E-state index in [0.717, 1.165) is 18.5 Å². The van der Waals surface area contributed by atoms with Crippen molar-refractivity contribution in [3.63, 3.8) is 0 Å². The van der Waals surface area contributed by atoms with Gasteiger partial charge in [0, 0.05) is 17.8 Å². The quantitative estimate of drug-likeness (QED) is 0.903. The van der Waals surface area contributed by atoms with Gasteiger partial charge in [-0.2, -0.15) is 5.26 Å². The Bertz CT molecular complexity index is 773. The smallest absolute Gasteiger partial charge is 0.270 e. The summed E-state index contributed by atoms with van der Waals surface area (Å²) in [5.74, 6) is 0.935. The van der Waals surface area contributed by atoms with E-state index in [4.69, 9.17) is 5.26 Å². The molecule has 3 rings (SSSR count). The van der Waals surface area contributed by atoms with Crippen molar-refractivity contribution in [1.29, 1.82) is 5.26 Å². The number of hydrogen-bond donors (Lipinski definition) is 2. The highest BCUT2D eigenvalue weighted by Gasteiger charge is 2.19. The molecule has 0 bridgehead atoms. The predicted molar refractivity (Wildman–Crippen MR) is 90.9 cm³/mol. The lowest BCUT2D eigenvalue weighted by Gasteiger charge is -2.13. The molecule has 6 nitrogen and oxygen atoms in total. The van der Waals surface area contributed by atoms with Crippen molar-refractivity contribution in [2.24, 2.45) is 0 Å². The molecule has 0 radical (unpaired) electrons. The number of carbonyl (C=O) groups is 1. The lowest BCUT2D eigenvalue weighted by Crippen LogP contribution is -2.33. The highest BCUT2D eigenvalue weighted by Crippen LogP contribution is 2.19. The summed E-state index contributed by atoms with van der Waals surface area (Å²) in [4.78, 5) is 20.9. The molecule has 24 heavy (non-hydrogen) atoms. The van der Waals surface area contributed by atoms with Gasteiger partial charge in [-0.15, -0.1) is 0 Å². The Labute approximate surface area is 140 Å². The van der Waals surface area contributed by atoms with Crippen LogP contribution in [0, 0.1) is 18.3 Å². The van der Waals surface area contributed by atoms with E-state index in [0.29, 0.717) is 22.9 Å². The summed E-state index contributed by atoms with van der Waals surface area (Å²) in [6.45, 7) is 1.76. The fraction of sp³-hybridized carbons (Fsp3) is 0.333. The number of benzene rings is 1. The first kappa shape index (κ1) is 15.9. The minimum atomic E-state index is -0.157. The molecule has 2 N–H and O–H groups in total. The lowest BCUT2D eigenvalue weighted by atomic mass is 10.2. The van der Waals surface area contributed by atoms with Crippen molar-refractivity contribution in [2.45, 2.75) is 38.6 Å². The first-order valence-corrected chi connectivity index (χ1v) is 8.08. The Morgan fingerprint density at radius 3 is 2.58 bits per heavy atom. The second-order valence-corrected chi connectivity index (χ2v) is 5.95. The minimum Gasteiger partial charge on any atom is -0.348 e. The summed E-state index contributed by atoms with van der Waals surface area (Å²) >= 11 is 0. The Hall–Kier alpha value is -2.94. The summed E-state index contributed by atoms with van der Waals surface area (Å²) in [6.07, 6.45) is 4.40. The first-order valence-electron chi connectivity index (χ1n) is 8.08. The molecule has 1 saturated carbocycles. The molecule has 1 aliphatic rings. The van der Waals surface area contributed by atoms with Crippen LogP contribution in [0.3, 0.4) is 0 Å². The number of hydrogen-bond acceptors (Lipinski definition) is 5. The number of rotatable bonds is 4. The van der Waals surface area contributed by atoms with Crippen LogP contribution in [-0.2, 0) is 0 Å². The van der Waals surface area contributed by atoms with E-state index < -0.39 is 0 Å². The fourth-order valence-electron chi connectivity index (χ4n) is 2.85. The molecule has 0 aliphatic heterocycles. The summed E-state index contributed by atoms with van der Waals surface area (Å²) in [7, 11) is 0. The Morgan fingerprint density at radius 1 is 1.21 bits per heavy atom. The van der Waals surface area contributed by atoms with Crippen LogP contribution < -0.4 is 10.6 Å². The average Bonchev–Trinajstić information content (AvgIpc) is 3.08. The van der Waals surface area contributed by atoms with Crippen LogP contribution in [0.1, 0.15) is 47.6 Å². The van der Waals surface area contributed by atoms with Crippen LogP contribution in [0.25, 0.3) is 0 Å². The number of aromatic nitrogens is 2. The highest BCUT2D eigenvalue weighted by atomic mass is 16.1. The van der Waals surface area contributed by atoms with Crippen LogP contribution in [-0.4, -0.2) is 21.9 Å². The van der Waals surface area contributed by atoms with E-state index in [9.17, 15) is 4.79 Å². The minimum absolute atomic E-state index is 0.157. The van der Waals surface area contributed by atoms with Gasteiger partial charge in [-0.1, -0.05) is 12.8 Å². The molecule has 122 valence electrons. The van der Waals surface area contributed by atoms with Crippen molar-refractivity contribution in [3.05, 3.63) is 47.4 Å². The molecule has 1 amide bonds. The van der Waals surface area contributed by atoms with Crippen molar-refractivity contribution < 1.29 is 4.79 Å². The van der Waals surface area contributed by atoms with Gasteiger partial charge >= 0.3 is 0 Å². The van der Waals surface area contributed by atoms with Gasteiger partial charge in [-0.25, -0.2) is 9.97 Å². The Kier molecular flexibility index (Phi) is 4.71. The van der Waals surface area contributed by atoms with E-state index in [-0.39, 0.29) is 11.9 Å². The van der Waals surface area contributed by atoms with Crippen molar-refractivity contribution in [1.82, 2.24) is 15.3 Å². The van der Waals surface area contributed by atoms with Gasteiger partial charge in [-0.3, -0.25) is 4.79 Å². The number of carbonyl (C=O) groups excluding carboxylic acids is 1. The molecule has 1 aliphatic carbocycles. The molecule has 1 aromatic heterocycles. The summed E-state index contributed by atoms with van der Waals surface area (Å²) < 4.78 is 0. The molecule has 2 aromatic rings. The Balaban J connectivity index is 1.75. The van der Waals surface area contributed by atoms with Crippen LogP contribution in [0.5, 0.6) is 0 Å². The fourth-order valence-corrected chi connectivity index (χ4v) is 2.85. The maximum atomic E-state index is 12.4. The first-order chi connectivity index (χ1) is 11.6. The zero-order valence-electron chi connectivity index (χ0n) is 13.5. The van der Waals surface area contributed by atoms with Gasteiger partial charge in [0.05, 0.1) is 11.6 Å². The second-order valence-electron chi connectivity index (χ2n) is 5.95. The largest absolute Gasteiger partial charge is 0.348 e. The summed E-state index contributed by atoms with van der Waals surface area (Å²) in [5.41, 5.74) is 1.76. The van der Waals surface area contributed by atoms with Gasteiger partial charge in [0.25, 0.3) is 5.91 Å². The van der Waals surface area contributed by atoms with E-state index in [1.807, 2.05) is 0 Å². The number of amides is 1. The third-order valence-corrected chi connectivity index (χ3v) is 4.05. The normalized spacial score (nSPS) is 14.2. The van der Waals surface area contributed by atoms with E-state index in [2.05, 4.69) is 26.7 Å². The molecule has 0 atom stereocenters. The molecule has 1 heterocycles. The molecule has 0 spiro atoms. The maximum absolute atomic E-state index is 12.4. The van der Waals surface area contributed by atoms with Crippen LogP contribution >= 0.6 is 0 Å². The van der Waals surface area contributed by atoms with Gasteiger partial charge in [0.2, 0.25) is 0 Å². The van der Waals surface area contributed by atoms with E-state index in [1.54, 1.807) is 37.3 Å². The number of nitriles is 1. The molecule has 6 heteroatoms. The Morgan fingerprint density at radius 2 is 1.92 bits per heavy atom. The van der Waals surface area contributed by atoms with E-state index in [1.165, 1.54) is 12.8 Å². The standard InChI is InChI=1S/C18H19N5O/c1-12-20-16(18(24)23-14-4-2-3-5-14)10-17(21-12)22-15-8-6-13(11-19)7-9-15/h6-10,14H,2-5H2,1H3,(H,23,24)(H,20,21,22). The van der Waals surface area contributed by atoms with Crippen molar-refractivity contribution >= 4 is 17.4 Å².